The number of hydrogen-bond donors (Lipinski definition) is 2. The van der Waals surface area contributed by atoms with E-state index in [-0.39, 0.29) is 6.54 Å². The van der Waals surface area contributed by atoms with Crippen LogP contribution >= 0.6 is 0 Å². The van der Waals surface area contributed by atoms with Gasteiger partial charge in [0.1, 0.15) is 0 Å². The lowest BCUT2D eigenvalue weighted by Gasteiger charge is -2.22. The van der Waals surface area contributed by atoms with Gasteiger partial charge in [0.05, 0.1) is 6.54 Å². The fourth-order valence-corrected chi connectivity index (χ4v) is 0.804. The highest BCUT2D eigenvalue weighted by Gasteiger charge is 2.35. The Balaban J connectivity index is 3.97. The zero-order valence-corrected chi connectivity index (χ0v) is 6.11. The molecule has 62 valence electrons. The molecule has 0 amide bonds. The van der Waals surface area contributed by atoms with Crippen molar-refractivity contribution < 1.29 is 8.78 Å². The highest BCUT2D eigenvalue weighted by Crippen LogP contribution is 2.24. The predicted molar refractivity (Wildman–Crippen MR) is 36.8 cm³/mol. The zero-order valence-electron chi connectivity index (χ0n) is 6.11. The van der Waals surface area contributed by atoms with Crippen molar-refractivity contribution >= 4 is 0 Å². The van der Waals surface area contributed by atoms with Gasteiger partial charge in [0.2, 0.25) is 0 Å². The van der Waals surface area contributed by atoms with Crippen molar-refractivity contribution in [2.24, 2.45) is 17.4 Å². The van der Waals surface area contributed by atoms with E-state index in [2.05, 4.69) is 0 Å². The number of halogens is 2. The number of alkyl halides is 2. The fourth-order valence-electron chi connectivity index (χ4n) is 0.804. The Morgan fingerprint density at radius 2 is 1.90 bits per heavy atom. The van der Waals surface area contributed by atoms with Crippen molar-refractivity contribution in [1.82, 2.24) is 0 Å². The van der Waals surface area contributed by atoms with Gasteiger partial charge >= 0.3 is 0 Å². The molecule has 10 heavy (non-hydrogen) atoms. The summed E-state index contributed by atoms with van der Waals surface area (Å²) in [6, 6.07) is 0. The quantitative estimate of drug-likeness (QED) is 0.618. The van der Waals surface area contributed by atoms with Crippen LogP contribution in [0.3, 0.4) is 0 Å². The number of rotatable bonds is 4. The first-order chi connectivity index (χ1) is 4.58. The van der Waals surface area contributed by atoms with Crippen LogP contribution < -0.4 is 11.5 Å². The van der Waals surface area contributed by atoms with Gasteiger partial charge in [-0.15, -0.1) is 0 Å². The Morgan fingerprint density at radius 1 is 1.40 bits per heavy atom. The van der Waals surface area contributed by atoms with Crippen molar-refractivity contribution in [2.75, 3.05) is 13.1 Å². The van der Waals surface area contributed by atoms with Crippen LogP contribution in [-0.4, -0.2) is 19.0 Å². The van der Waals surface area contributed by atoms with Crippen LogP contribution in [0.4, 0.5) is 8.78 Å². The summed E-state index contributed by atoms with van der Waals surface area (Å²) in [6.45, 7) is 1.07. The van der Waals surface area contributed by atoms with Crippen molar-refractivity contribution in [2.45, 2.75) is 19.3 Å². The monoisotopic (exact) mass is 152 g/mol. The van der Waals surface area contributed by atoms with Crippen molar-refractivity contribution in [3.63, 3.8) is 0 Å². The number of hydrogen-bond acceptors (Lipinski definition) is 2. The molecule has 0 heterocycles. The largest absolute Gasteiger partial charge is 0.330 e. The first-order valence-corrected chi connectivity index (χ1v) is 3.36. The molecule has 4 heteroatoms. The van der Waals surface area contributed by atoms with Gasteiger partial charge < -0.3 is 11.5 Å². The predicted octanol–water partition coefficient (Wildman–Crippen LogP) is 0.565. The number of nitrogens with two attached hydrogens (primary N) is 2. The van der Waals surface area contributed by atoms with E-state index in [1.165, 1.54) is 0 Å². The molecule has 0 aliphatic rings. The fraction of sp³-hybridized carbons (Fsp3) is 1.00. The van der Waals surface area contributed by atoms with E-state index < -0.39 is 18.4 Å². The topological polar surface area (TPSA) is 52.0 Å². The highest BCUT2D eigenvalue weighted by atomic mass is 19.3. The second kappa shape index (κ2) is 3.83. The molecule has 4 N–H and O–H groups in total. The summed E-state index contributed by atoms with van der Waals surface area (Å²) >= 11 is 0. The summed E-state index contributed by atoms with van der Waals surface area (Å²) in [7, 11) is 0. The van der Waals surface area contributed by atoms with Crippen molar-refractivity contribution in [3.05, 3.63) is 0 Å². The molecule has 1 atom stereocenters. The van der Waals surface area contributed by atoms with E-state index in [1.54, 1.807) is 6.92 Å². The third-order valence-electron chi connectivity index (χ3n) is 1.65. The molecule has 0 aromatic rings. The van der Waals surface area contributed by atoms with E-state index in [0.717, 1.165) is 0 Å². The van der Waals surface area contributed by atoms with Crippen LogP contribution in [0, 0.1) is 5.92 Å². The molecule has 0 rings (SSSR count). The maximum absolute atomic E-state index is 12.6. The minimum atomic E-state index is -2.79. The lowest BCUT2D eigenvalue weighted by Crippen LogP contribution is -2.40. The maximum atomic E-state index is 12.6. The second-order valence-corrected chi connectivity index (χ2v) is 2.31. The van der Waals surface area contributed by atoms with Crippen LogP contribution in [0.15, 0.2) is 0 Å². The van der Waals surface area contributed by atoms with Gasteiger partial charge in [-0.2, -0.15) is 0 Å². The average molecular weight is 152 g/mol. The molecular formula is C6H14F2N2. The summed E-state index contributed by atoms with van der Waals surface area (Å²) in [6.07, 6.45) is 0.376. The van der Waals surface area contributed by atoms with Crippen LogP contribution in [0.25, 0.3) is 0 Å². The summed E-state index contributed by atoms with van der Waals surface area (Å²) in [4.78, 5) is 0. The Bertz CT molecular complexity index is 91.7. The smallest absolute Gasteiger partial charge is 0.264 e. The zero-order chi connectivity index (χ0) is 8.20. The standard InChI is InChI=1S/C6H14F2N2/c1-2-5(3-9)6(7,8)4-10/h5H,2-4,9-10H2,1H3. The molecule has 0 aliphatic heterocycles. The molecule has 0 radical (unpaired) electrons. The molecule has 0 aromatic heterocycles. The first kappa shape index (κ1) is 9.78. The molecule has 2 nitrogen and oxygen atoms in total. The van der Waals surface area contributed by atoms with Crippen LogP contribution in [0.2, 0.25) is 0 Å². The van der Waals surface area contributed by atoms with Gasteiger partial charge in [-0.3, -0.25) is 0 Å². The lowest BCUT2D eigenvalue weighted by molar-refractivity contribution is -0.0466. The summed E-state index contributed by atoms with van der Waals surface area (Å²) < 4.78 is 25.2. The molecular weight excluding hydrogens is 138 g/mol. The highest BCUT2D eigenvalue weighted by molar-refractivity contribution is 4.77. The van der Waals surface area contributed by atoms with Crippen LogP contribution in [-0.2, 0) is 0 Å². The van der Waals surface area contributed by atoms with Gasteiger partial charge in [-0.1, -0.05) is 6.92 Å². The third-order valence-corrected chi connectivity index (χ3v) is 1.65. The van der Waals surface area contributed by atoms with Gasteiger partial charge in [0.15, 0.2) is 0 Å². The minimum Gasteiger partial charge on any atom is -0.330 e. The third kappa shape index (κ3) is 2.19. The lowest BCUT2D eigenvalue weighted by atomic mass is 9.99. The van der Waals surface area contributed by atoms with Crippen LogP contribution in [0.1, 0.15) is 13.3 Å². The Morgan fingerprint density at radius 3 is 2.00 bits per heavy atom. The first-order valence-electron chi connectivity index (χ1n) is 3.36. The Labute approximate surface area is 59.6 Å². The van der Waals surface area contributed by atoms with Crippen molar-refractivity contribution in [1.29, 1.82) is 0 Å². The molecule has 0 saturated heterocycles. The van der Waals surface area contributed by atoms with Crippen molar-refractivity contribution in [3.8, 4) is 0 Å². The maximum Gasteiger partial charge on any atom is 0.264 e. The van der Waals surface area contributed by atoms with Gasteiger partial charge in [0.25, 0.3) is 5.92 Å². The van der Waals surface area contributed by atoms with E-state index in [0.29, 0.717) is 6.42 Å². The Kier molecular flexibility index (Phi) is 3.75. The van der Waals surface area contributed by atoms with Gasteiger partial charge in [-0.05, 0) is 6.42 Å². The second-order valence-electron chi connectivity index (χ2n) is 2.31. The van der Waals surface area contributed by atoms with E-state index in [9.17, 15) is 8.78 Å². The molecule has 0 spiro atoms. The molecule has 0 aliphatic carbocycles. The molecule has 0 fully saturated rings. The summed E-state index contributed by atoms with van der Waals surface area (Å²) in [5.74, 6) is -3.55. The van der Waals surface area contributed by atoms with E-state index >= 15 is 0 Å². The summed E-state index contributed by atoms with van der Waals surface area (Å²) in [5, 5.41) is 0. The van der Waals surface area contributed by atoms with Gasteiger partial charge in [0, 0.05) is 12.5 Å². The normalized spacial score (nSPS) is 15.3. The average Bonchev–Trinajstić information content (AvgIpc) is 1.90. The SMILES string of the molecule is CCC(CN)C(F)(F)CN. The molecule has 0 aromatic carbocycles. The molecule has 0 saturated carbocycles. The summed E-state index contributed by atoms with van der Waals surface area (Å²) in [5.41, 5.74) is 9.96. The Hall–Kier alpha value is -0.220. The molecule has 1 unspecified atom stereocenters. The van der Waals surface area contributed by atoms with Crippen LogP contribution in [0.5, 0.6) is 0 Å². The molecule has 0 bridgehead atoms. The van der Waals surface area contributed by atoms with E-state index in [4.69, 9.17) is 11.5 Å². The van der Waals surface area contributed by atoms with E-state index in [1.807, 2.05) is 0 Å². The van der Waals surface area contributed by atoms with Gasteiger partial charge in [-0.25, -0.2) is 8.78 Å². The minimum absolute atomic E-state index is 0.000694.